The molecule has 2 heterocycles. The number of amides is 2. The third-order valence-electron chi connectivity index (χ3n) is 3.16. The Morgan fingerprint density at radius 1 is 1.65 bits per heavy atom. The Morgan fingerprint density at radius 2 is 2.41 bits per heavy atom. The molecule has 1 aromatic rings. The number of nitrogens with zero attached hydrogens (tertiary/aromatic N) is 2. The monoisotopic (exact) mass is 233 g/mol. The summed E-state index contributed by atoms with van der Waals surface area (Å²) in [5.41, 5.74) is 6.23. The predicted molar refractivity (Wildman–Crippen MR) is 61.7 cm³/mol. The summed E-state index contributed by atoms with van der Waals surface area (Å²) in [6.45, 7) is 2.47. The van der Waals surface area contributed by atoms with Crippen LogP contribution < -0.4 is 5.73 Å². The molecule has 0 aliphatic carbocycles. The van der Waals surface area contributed by atoms with Crippen LogP contribution in [-0.4, -0.2) is 28.2 Å². The first-order valence-corrected chi connectivity index (χ1v) is 5.63. The summed E-state index contributed by atoms with van der Waals surface area (Å²) in [7, 11) is 0. The van der Waals surface area contributed by atoms with Crippen LogP contribution in [0.4, 0.5) is 0 Å². The summed E-state index contributed by atoms with van der Waals surface area (Å²) in [6.07, 6.45) is 3.54. The molecule has 2 amide bonds. The van der Waals surface area contributed by atoms with Crippen molar-refractivity contribution in [1.29, 1.82) is 0 Å². The SMILES string of the molecule is CCN1C(=O)CC(C(N)=O)C1c1cccnc1. The Labute approximate surface area is 99.6 Å². The van der Waals surface area contributed by atoms with Crippen LogP contribution in [0.25, 0.3) is 0 Å². The van der Waals surface area contributed by atoms with Gasteiger partial charge in [0, 0.05) is 25.4 Å². The van der Waals surface area contributed by atoms with Gasteiger partial charge in [-0.05, 0) is 18.6 Å². The molecule has 5 heteroatoms. The van der Waals surface area contributed by atoms with Crippen molar-refractivity contribution < 1.29 is 9.59 Å². The Kier molecular flexibility index (Phi) is 3.08. The molecular formula is C12H15N3O2. The molecule has 5 nitrogen and oxygen atoms in total. The highest BCUT2D eigenvalue weighted by Crippen LogP contribution is 2.37. The van der Waals surface area contributed by atoms with Crippen molar-refractivity contribution in [2.75, 3.05) is 6.54 Å². The Morgan fingerprint density at radius 3 is 2.94 bits per heavy atom. The molecule has 1 aliphatic rings. The van der Waals surface area contributed by atoms with Gasteiger partial charge in [0.2, 0.25) is 11.8 Å². The highest BCUT2D eigenvalue weighted by molar-refractivity contribution is 5.89. The molecule has 1 aromatic heterocycles. The summed E-state index contributed by atoms with van der Waals surface area (Å²) in [5, 5.41) is 0. The zero-order chi connectivity index (χ0) is 12.4. The van der Waals surface area contributed by atoms with Crippen molar-refractivity contribution in [2.45, 2.75) is 19.4 Å². The minimum Gasteiger partial charge on any atom is -0.369 e. The van der Waals surface area contributed by atoms with Gasteiger partial charge in [0.25, 0.3) is 0 Å². The van der Waals surface area contributed by atoms with Gasteiger partial charge in [0.15, 0.2) is 0 Å². The first kappa shape index (κ1) is 11.6. The zero-order valence-electron chi connectivity index (χ0n) is 9.67. The van der Waals surface area contributed by atoms with E-state index in [9.17, 15) is 9.59 Å². The van der Waals surface area contributed by atoms with E-state index in [2.05, 4.69) is 4.98 Å². The molecule has 0 saturated carbocycles. The fourth-order valence-corrected chi connectivity index (χ4v) is 2.38. The van der Waals surface area contributed by atoms with E-state index in [1.54, 1.807) is 23.4 Å². The number of nitrogens with two attached hydrogens (primary N) is 1. The quantitative estimate of drug-likeness (QED) is 0.824. The highest BCUT2D eigenvalue weighted by Gasteiger charge is 2.42. The van der Waals surface area contributed by atoms with Gasteiger partial charge in [-0.3, -0.25) is 14.6 Å². The molecule has 0 bridgehead atoms. The lowest BCUT2D eigenvalue weighted by Crippen LogP contribution is -2.32. The van der Waals surface area contributed by atoms with E-state index >= 15 is 0 Å². The number of carbonyl (C=O) groups excluding carboxylic acids is 2. The van der Waals surface area contributed by atoms with Gasteiger partial charge in [-0.15, -0.1) is 0 Å². The van der Waals surface area contributed by atoms with E-state index in [4.69, 9.17) is 5.73 Å². The average Bonchev–Trinajstić information content (AvgIpc) is 2.67. The molecule has 2 rings (SSSR count). The van der Waals surface area contributed by atoms with Gasteiger partial charge in [-0.1, -0.05) is 6.07 Å². The Hall–Kier alpha value is -1.91. The van der Waals surface area contributed by atoms with Crippen LogP contribution in [0, 0.1) is 5.92 Å². The molecule has 0 spiro atoms. The Balaban J connectivity index is 2.39. The largest absolute Gasteiger partial charge is 0.369 e. The standard InChI is InChI=1S/C12H15N3O2/c1-2-15-10(16)6-9(12(13)17)11(15)8-4-3-5-14-7-8/h3-5,7,9,11H,2,6H2,1H3,(H2,13,17). The van der Waals surface area contributed by atoms with Crippen molar-refractivity contribution in [3.05, 3.63) is 30.1 Å². The maximum Gasteiger partial charge on any atom is 0.223 e. The van der Waals surface area contributed by atoms with Crippen molar-refractivity contribution in [3.63, 3.8) is 0 Å². The smallest absolute Gasteiger partial charge is 0.223 e. The topological polar surface area (TPSA) is 76.3 Å². The van der Waals surface area contributed by atoms with E-state index < -0.39 is 11.8 Å². The lowest BCUT2D eigenvalue weighted by atomic mass is 9.94. The molecule has 1 saturated heterocycles. The van der Waals surface area contributed by atoms with Gasteiger partial charge in [-0.2, -0.15) is 0 Å². The number of rotatable bonds is 3. The molecule has 1 fully saturated rings. The van der Waals surface area contributed by atoms with Gasteiger partial charge in [0.1, 0.15) is 0 Å². The molecule has 0 radical (unpaired) electrons. The second kappa shape index (κ2) is 4.53. The number of likely N-dealkylation sites (tertiary alicyclic amines) is 1. The lowest BCUT2D eigenvalue weighted by Gasteiger charge is -2.26. The van der Waals surface area contributed by atoms with Crippen molar-refractivity contribution in [1.82, 2.24) is 9.88 Å². The summed E-state index contributed by atoms with van der Waals surface area (Å²) in [5.74, 6) is -0.903. The first-order chi connectivity index (χ1) is 8.15. The van der Waals surface area contributed by atoms with Crippen molar-refractivity contribution >= 4 is 11.8 Å². The third-order valence-corrected chi connectivity index (χ3v) is 3.16. The van der Waals surface area contributed by atoms with E-state index in [1.165, 1.54) is 0 Å². The fraction of sp³-hybridized carbons (Fsp3) is 0.417. The molecule has 90 valence electrons. The first-order valence-electron chi connectivity index (χ1n) is 5.63. The molecular weight excluding hydrogens is 218 g/mol. The van der Waals surface area contributed by atoms with Crippen molar-refractivity contribution in [3.8, 4) is 0 Å². The van der Waals surface area contributed by atoms with E-state index in [0.29, 0.717) is 6.54 Å². The van der Waals surface area contributed by atoms with Crippen LogP contribution in [0.3, 0.4) is 0 Å². The molecule has 2 unspecified atom stereocenters. The molecule has 0 aromatic carbocycles. The van der Waals surface area contributed by atoms with Crippen LogP contribution >= 0.6 is 0 Å². The second-order valence-electron chi connectivity index (χ2n) is 4.12. The van der Waals surface area contributed by atoms with Crippen LogP contribution in [0.2, 0.25) is 0 Å². The number of hydrogen-bond acceptors (Lipinski definition) is 3. The molecule has 2 N–H and O–H groups in total. The third kappa shape index (κ3) is 2.00. The molecule has 2 atom stereocenters. The van der Waals surface area contributed by atoms with Crippen LogP contribution in [0.1, 0.15) is 24.9 Å². The highest BCUT2D eigenvalue weighted by atomic mass is 16.2. The van der Waals surface area contributed by atoms with E-state index in [-0.39, 0.29) is 18.4 Å². The van der Waals surface area contributed by atoms with Gasteiger partial charge < -0.3 is 10.6 Å². The van der Waals surface area contributed by atoms with E-state index in [1.807, 2.05) is 13.0 Å². The van der Waals surface area contributed by atoms with E-state index in [0.717, 1.165) is 5.56 Å². The number of pyridine rings is 1. The van der Waals surface area contributed by atoms with Gasteiger partial charge >= 0.3 is 0 Å². The summed E-state index contributed by atoms with van der Waals surface area (Å²) >= 11 is 0. The number of primary amides is 1. The minimum absolute atomic E-state index is 0.0230. The second-order valence-corrected chi connectivity index (χ2v) is 4.12. The summed E-state index contributed by atoms with van der Waals surface area (Å²) in [6, 6.07) is 3.40. The number of carbonyl (C=O) groups is 2. The van der Waals surface area contributed by atoms with Crippen LogP contribution in [0.5, 0.6) is 0 Å². The maximum absolute atomic E-state index is 11.8. The molecule has 1 aliphatic heterocycles. The fourth-order valence-electron chi connectivity index (χ4n) is 2.38. The summed E-state index contributed by atoms with van der Waals surface area (Å²) < 4.78 is 0. The maximum atomic E-state index is 11.8. The number of hydrogen-bond donors (Lipinski definition) is 1. The average molecular weight is 233 g/mol. The Bertz CT molecular complexity index is 433. The number of aromatic nitrogens is 1. The zero-order valence-corrected chi connectivity index (χ0v) is 9.67. The van der Waals surface area contributed by atoms with Crippen LogP contribution in [0.15, 0.2) is 24.5 Å². The minimum atomic E-state index is -0.452. The van der Waals surface area contributed by atoms with Gasteiger partial charge in [0.05, 0.1) is 12.0 Å². The summed E-state index contributed by atoms with van der Waals surface area (Å²) in [4.78, 5) is 28.9. The molecule has 17 heavy (non-hydrogen) atoms. The predicted octanol–water partition coefficient (Wildman–Crippen LogP) is 0.476. The van der Waals surface area contributed by atoms with Crippen LogP contribution in [-0.2, 0) is 9.59 Å². The van der Waals surface area contributed by atoms with Crippen molar-refractivity contribution in [2.24, 2.45) is 11.7 Å². The van der Waals surface area contributed by atoms with Gasteiger partial charge in [-0.25, -0.2) is 0 Å². The normalized spacial score (nSPS) is 24.1. The lowest BCUT2D eigenvalue weighted by molar-refractivity contribution is -0.129.